The van der Waals surface area contributed by atoms with Gasteiger partial charge in [0, 0.05) is 0 Å². The third-order valence-corrected chi connectivity index (χ3v) is 1.39. The molecule has 14 heavy (non-hydrogen) atoms. The summed E-state index contributed by atoms with van der Waals surface area (Å²) in [7, 11) is 0. The quantitative estimate of drug-likeness (QED) is 0.207. The third-order valence-electron chi connectivity index (χ3n) is 1.39. The second-order valence-corrected chi connectivity index (χ2v) is 2.59. The first kappa shape index (κ1) is 12.8. The Hall–Kier alpha value is -1.25. The molecule has 0 unspecified atom stereocenters. The predicted molar refractivity (Wildman–Crippen MR) is 55.8 cm³/mol. The Morgan fingerprint density at radius 1 is 1.29 bits per heavy atom. The van der Waals surface area contributed by atoms with Crippen molar-refractivity contribution in [3.63, 3.8) is 0 Å². The highest BCUT2D eigenvalue weighted by Gasteiger charge is 1.91. The molecule has 0 N–H and O–H groups in total. The Labute approximate surface area is 85.4 Å². The Morgan fingerprint density at radius 2 is 2.07 bits per heavy atom. The predicted octanol–water partition coefficient (Wildman–Crippen LogP) is 2.44. The van der Waals surface area contributed by atoms with Crippen molar-refractivity contribution in [2.24, 2.45) is 0 Å². The molecular formula is C11H18O3. The van der Waals surface area contributed by atoms with Crippen molar-refractivity contribution in [3.05, 3.63) is 24.5 Å². The van der Waals surface area contributed by atoms with Crippen molar-refractivity contribution in [2.45, 2.75) is 26.7 Å². The first-order valence-electron chi connectivity index (χ1n) is 4.91. The van der Waals surface area contributed by atoms with Gasteiger partial charge in [0.05, 0.1) is 25.6 Å². The summed E-state index contributed by atoms with van der Waals surface area (Å²) in [6, 6.07) is 0. The molecule has 0 bridgehead atoms. The van der Waals surface area contributed by atoms with E-state index in [1.807, 2.05) is 0 Å². The minimum absolute atomic E-state index is 0.364. The highest BCUT2D eigenvalue weighted by atomic mass is 16.5. The van der Waals surface area contributed by atoms with Gasteiger partial charge in [-0.2, -0.15) is 0 Å². The molecule has 0 rings (SSSR count). The standard InChI is InChI=1S/C11H18O3/c1-3-5-6-7-9-13-10-8-11(12)14-4-2/h5-6,8,10H,3-4,7,9H2,1-2H3. The van der Waals surface area contributed by atoms with Gasteiger partial charge in [-0.15, -0.1) is 0 Å². The fourth-order valence-corrected chi connectivity index (χ4v) is 0.783. The summed E-state index contributed by atoms with van der Waals surface area (Å²) in [5, 5.41) is 0. The zero-order chi connectivity index (χ0) is 10.6. The van der Waals surface area contributed by atoms with Crippen LogP contribution in [0.5, 0.6) is 0 Å². The average Bonchev–Trinajstić information content (AvgIpc) is 2.17. The van der Waals surface area contributed by atoms with Crippen LogP contribution in [0.1, 0.15) is 26.7 Å². The molecule has 80 valence electrons. The smallest absolute Gasteiger partial charge is 0.333 e. The summed E-state index contributed by atoms with van der Waals surface area (Å²) in [5.74, 6) is -0.364. The Bertz CT molecular complexity index is 195. The van der Waals surface area contributed by atoms with E-state index >= 15 is 0 Å². The van der Waals surface area contributed by atoms with Gasteiger partial charge < -0.3 is 9.47 Å². The van der Waals surface area contributed by atoms with Crippen LogP contribution in [0, 0.1) is 0 Å². The van der Waals surface area contributed by atoms with E-state index < -0.39 is 0 Å². The van der Waals surface area contributed by atoms with E-state index in [2.05, 4.69) is 23.8 Å². The maximum absolute atomic E-state index is 10.8. The number of hydrogen-bond acceptors (Lipinski definition) is 3. The van der Waals surface area contributed by atoms with E-state index in [-0.39, 0.29) is 5.97 Å². The van der Waals surface area contributed by atoms with E-state index in [1.165, 1.54) is 12.3 Å². The molecule has 3 heteroatoms. The van der Waals surface area contributed by atoms with E-state index in [9.17, 15) is 4.79 Å². The molecule has 0 saturated heterocycles. The summed E-state index contributed by atoms with van der Waals surface area (Å²) < 4.78 is 9.73. The number of allylic oxidation sites excluding steroid dienone is 1. The minimum Gasteiger partial charge on any atom is -0.501 e. The maximum Gasteiger partial charge on any atom is 0.333 e. The highest BCUT2D eigenvalue weighted by molar-refractivity contribution is 5.81. The van der Waals surface area contributed by atoms with Gasteiger partial charge in [0.25, 0.3) is 0 Å². The summed E-state index contributed by atoms with van der Waals surface area (Å²) in [4.78, 5) is 10.8. The van der Waals surface area contributed by atoms with Crippen LogP contribution in [-0.2, 0) is 14.3 Å². The number of ether oxygens (including phenoxy) is 2. The van der Waals surface area contributed by atoms with Crippen LogP contribution in [0.25, 0.3) is 0 Å². The molecular weight excluding hydrogens is 180 g/mol. The number of rotatable bonds is 7. The topological polar surface area (TPSA) is 35.5 Å². The fraction of sp³-hybridized carbons (Fsp3) is 0.545. The van der Waals surface area contributed by atoms with Crippen LogP contribution in [0.4, 0.5) is 0 Å². The Kier molecular flexibility index (Phi) is 8.96. The minimum atomic E-state index is -0.364. The first-order valence-corrected chi connectivity index (χ1v) is 4.91. The van der Waals surface area contributed by atoms with Crippen molar-refractivity contribution in [1.82, 2.24) is 0 Å². The largest absolute Gasteiger partial charge is 0.501 e. The van der Waals surface area contributed by atoms with E-state index in [4.69, 9.17) is 4.74 Å². The zero-order valence-corrected chi connectivity index (χ0v) is 8.86. The molecule has 0 aromatic heterocycles. The van der Waals surface area contributed by atoms with Crippen LogP contribution in [0.3, 0.4) is 0 Å². The molecule has 0 heterocycles. The molecule has 0 aliphatic heterocycles. The van der Waals surface area contributed by atoms with Crippen molar-refractivity contribution >= 4 is 5.97 Å². The number of esters is 1. The van der Waals surface area contributed by atoms with Gasteiger partial charge in [-0.3, -0.25) is 0 Å². The zero-order valence-electron chi connectivity index (χ0n) is 8.86. The maximum atomic E-state index is 10.8. The molecule has 0 amide bonds. The average molecular weight is 198 g/mol. The van der Waals surface area contributed by atoms with Crippen LogP contribution in [-0.4, -0.2) is 19.2 Å². The molecule has 3 nitrogen and oxygen atoms in total. The monoisotopic (exact) mass is 198 g/mol. The van der Waals surface area contributed by atoms with Gasteiger partial charge >= 0.3 is 5.97 Å². The van der Waals surface area contributed by atoms with Crippen molar-refractivity contribution in [2.75, 3.05) is 13.2 Å². The van der Waals surface area contributed by atoms with E-state index in [1.54, 1.807) is 6.92 Å². The molecule has 0 radical (unpaired) electrons. The molecule has 0 aliphatic carbocycles. The van der Waals surface area contributed by atoms with Gasteiger partial charge in [-0.25, -0.2) is 4.79 Å². The van der Waals surface area contributed by atoms with Crippen LogP contribution >= 0.6 is 0 Å². The Balaban J connectivity index is 3.35. The summed E-state index contributed by atoms with van der Waals surface area (Å²) >= 11 is 0. The van der Waals surface area contributed by atoms with Gasteiger partial charge in [-0.05, 0) is 19.8 Å². The normalized spacial score (nSPS) is 11.0. The van der Waals surface area contributed by atoms with Gasteiger partial charge in [0.1, 0.15) is 0 Å². The van der Waals surface area contributed by atoms with Crippen molar-refractivity contribution < 1.29 is 14.3 Å². The lowest BCUT2D eigenvalue weighted by molar-refractivity contribution is -0.137. The highest BCUT2D eigenvalue weighted by Crippen LogP contribution is 1.89. The molecule has 0 fully saturated rings. The van der Waals surface area contributed by atoms with E-state index in [0.29, 0.717) is 13.2 Å². The number of carbonyl (C=O) groups excluding carboxylic acids is 1. The summed E-state index contributed by atoms with van der Waals surface area (Å²) in [6.07, 6.45) is 8.70. The molecule has 0 spiro atoms. The van der Waals surface area contributed by atoms with Crippen LogP contribution in [0.2, 0.25) is 0 Å². The lowest BCUT2D eigenvalue weighted by Crippen LogP contribution is -1.99. The summed E-state index contributed by atoms with van der Waals surface area (Å²) in [6.45, 7) is 4.83. The molecule has 0 atom stereocenters. The second-order valence-electron chi connectivity index (χ2n) is 2.59. The van der Waals surface area contributed by atoms with Gasteiger partial charge in [0.15, 0.2) is 0 Å². The van der Waals surface area contributed by atoms with E-state index in [0.717, 1.165) is 12.8 Å². The lowest BCUT2D eigenvalue weighted by Gasteiger charge is -1.97. The van der Waals surface area contributed by atoms with Crippen LogP contribution in [0.15, 0.2) is 24.5 Å². The second kappa shape index (κ2) is 9.84. The summed E-state index contributed by atoms with van der Waals surface area (Å²) in [5.41, 5.74) is 0. The molecule has 0 aromatic rings. The molecule has 0 aliphatic rings. The molecule has 0 aromatic carbocycles. The number of hydrogen-bond donors (Lipinski definition) is 0. The first-order chi connectivity index (χ1) is 6.81. The Morgan fingerprint density at radius 3 is 2.71 bits per heavy atom. The SMILES string of the molecule is CCC=CCCOC=CC(=O)OCC. The van der Waals surface area contributed by atoms with Crippen molar-refractivity contribution in [1.29, 1.82) is 0 Å². The molecule has 0 saturated carbocycles. The fourth-order valence-electron chi connectivity index (χ4n) is 0.783. The van der Waals surface area contributed by atoms with Crippen LogP contribution < -0.4 is 0 Å². The van der Waals surface area contributed by atoms with Gasteiger partial charge in [0.2, 0.25) is 0 Å². The third kappa shape index (κ3) is 8.84. The van der Waals surface area contributed by atoms with Crippen molar-refractivity contribution in [3.8, 4) is 0 Å². The van der Waals surface area contributed by atoms with Gasteiger partial charge in [-0.1, -0.05) is 19.1 Å². The lowest BCUT2D eigenvalue weighted by atomic mass is 10.3. The number of carbonyl (C=O) groups is 1.